The third kappa shape index (κ3) is 5.44. The van der Waals surface area contributed by atoms with Crippen LogP contribution in [0.5, 0.6) is 5.75 Å². The summed E-state index contributed by atoms with van der Waals surface area (Å²) >= 11 is 5.57. The van der Waals surface area contributed by atoms with E-state index < -0.39 is 17.8 Å². The summed E-state index contributed by atoms with van der Waals surface area (Å²) in [5, 5.41) is 4.60. The zero-order valence-electron chi connectivity index (χ0n) is 11.2. The Morgan fingerprint density at radius 1 is 1.45 bits per heavy atom. The van der Waals surface area contributed by atoms with Crippen LogP contribution in [-0.4, -0.2) is 24.6 Å². The average molecular weight is 303 g/mol. The fourth-order valence-electron chi connectivity index (χ4n) is 1.24. The molecule has 2 N–H and O–H groups in total. The van der Waals surface area contributed by atoms with E-state index in [-0.39, 0.29) is 23.4 Å². The van der Waals surface area contributed by atoms with Crippen molar-refractivity contribution in [3.63, 3.8) is 0 Å². The first kappa shape index (κ1) is 16.2. The molecule has 0 bridgehead atoms. The van der Waals surface area contributed by atoms with Crippen molar-refractivity contribution in [2.24, 2.45) is 0 Å². The molecule has 7 heteroatoms. The molecule has 0 aliphatic heterocycles. The van der Waals surface area contributed by atoms with Crippen molar-refractivity contribution in [3.8, 4) is 5.75 Å². The van der Waals surface area contributed by atoms with Crippen LogP contribution in [0.3, 0.4) is 0 Å². The predicted octanol–water partition coefficient (Wildman–Crippen LogP) is 2.48. The van der Waals surface area contributed by atoms with Crippen molar-refractivity contribution in [1.82, 2.24) is 10.6 Å². The lowest BCUT2D eigenvalue weighted by Gasteiger charge is -2.12. The summed E-state index contributed by atoms with van der Waals surface area (Å²) in [6.45, 7) is 3.37. The van der Waals surface area contributed by atoms with Crippen LogP contribution in [0.15, 0.2) is 18.2 Å². The second kappa shape index (κ2) is 7.69. The monoisotopic (exact) mass is 302 g/mol. The molecule has 1 aromatic rings. The van der Waals surface area contributed by atoms with Crippen LogP contribution in [0.1, 0.15) is 20.3 Å². The summed E-state index contributed by atoms with van der Waals surface area (Å²) in [5.74, 6) is -0.934. The van der Waals surface area contributed by atoms with Gasteiger partial charge in [0.1, 0.15) is 11.6 Å². The van der Waals surface area contributed by atoms with E-state index in [2.05, 4.69) is 10.6 Å². The first-order valence-corrected chi connectivity index (χ1v) is 6.48. The minimum Gasteiger partial charge on any atom is -0.484 e. The van der Waals surface area contributed by atoms with E-state index in [1.165, 1.54) is 12.1 Å². The normalized spacial score (nSPS) is 11.6. The third-order valence-electron chi connectivity index (χ3n) is 2.50. The number of urea groups is 1. The molecule has 1 rings (SSSR count). The number of halogens is 2. The summed E-state index contributed by atoms with van der Waals surface area (Å²) in [6, 6.07) is 3.12. The largest absolute Gasteiger partial charge is 0.484 e. The van der Waals surface area contributed by atoms with Crippen molar-refractivity contribution in [2.45, 2.75) is 26.3 Å². The molecule has 0 spiro atoms. The van der Waals surface area contributed by atoms with Gasteiger partial charge < -0.3 is 10.1 Å². The van der Waals surface area contributed by atoms with Crippen molar-refractivity contribution in [3.05, 3.63) is 29.0 Å². The lowest BCUT2D eigenvalue weighted by molar-refractivity contribution is -0.122. The Kier molecular flexibility index (Phi) is 6.24. The first-order chi connectivity index (χ1) is 9.42. The summed E-state index contributed by atoms with van der Waals surface area (Å²) in [6.07, 6.45) is 0.756. The SMILES string of the molecule is CCC(C)NC(=O)NC(=O)COc1ccc(F)c(Cl)c1. The van der Waals surface area contributed by atoms with Gasteiger partial charge in [-0.05, 0) is 25.5 Å². The Balaban J connectivity index is 2.39. The van der Waals surface area contributed by atoms with Crippen molar-refractivity contribution < 1.29 is 18.7 Å². The van der Waals surface area contributed by atoms with Gasteiger partial charge in [0.2, 0.25) is 0 Å². The van der Waals surface area contributed by atoms with Gasteiger partial charge in [0, 0.05) is 12.1 Å². The standard InChI is InChI=1S/C13H16ClFN2O3/c1-3-8(2)16-13(19)17-12(18)7-20-9-4-5-11(15)10(14)6-9/h4-6,8H,3,7H2,1-2H3,(H2,16,17,18,19). The fourth-order valence-corrected chi connectivity index (χ4v) is 1.41. The molecule has 0 heterocycles. The number of rotatable bonds is 5. The number of carbonyl (C=O) groups excluding carboxylic acids is 2. The maximum atomic E-state index is 12.9. The number of hydrogen-bond donors (Lipinski definition) is 2. The van der Waals surface area contributed by atoms with E-state index >= 15 is 0 Å². The molecule has 110 valence electrons. The molecule has 0 aromatic heterocycles. The highest BCUT2D eigenvalue weighted by Gasteiger charge is 2.10. The molecule has 0 saturated carbocycles. The molecule has 5 nitrogen and oxygen atoms in total. The molecule has 20 heavy (non-hydrogen) atoms. The van der Waals surface area contributed by atoms with Crippen LogP contribution in [-0.2, 0) is 4.79 Å². The van der Waals surface area contributed by atoms with E-state index in [1.807, 2.05) is 13.8 Å². The van der Waals surface area contributed by atoms with Crippen molar-refractivity contribution in [1.29, 1.82) is 0 Å². The number of nitrogens with one attached hydrogen (secondary N) is 2. The highest BCUT2D eigenvalue weighted by molar-refractivity contribution is 6.30. The summed E-state index contributed by atoms with van der Waals surface area (Å²) in [4.78, 5) is 22.8. The maximum absolute atomic E-state index is 12.9. The van der Waals surface area contributed by atoms with Crippen LogP contribution in [0.25, 0.3) is 0 Å². The van der Waals surface area contributed by atoms with E-state index in [0.717, 1.165) is 12.5 Å². The lowest BCUT2D eigenvalue weighted by atomic mass is 10.3. The average Bonchev–Trinajstić information content (AvgIpc) is 2.39. The smallest absolute Gasteiger partial charge is 0.321 e. The summed E-state index contributed by atoms with van der Waals surface area (Å²) < 4.78 is 18.0. The lowest BCUT2D eigenvalue weighted by Crippen LogP contribution is -2.44. The zero-order chi connectivity index (χ0) is 15.1. The van der Waals surface area contributed by atoms with Gasteiger partial charge in [0.15, 0.2) is 6.61 Å². The molecule has 0 saturated heterocycles. The molecule has 1 atom stereocenters. The van der Waals surface area contributed by atoms with Gasteiger partial charge in [0.05, 0.1) is 5.02 Å². The molecular weight excluding hydrogens is 287 g/mol. The van der Waals surface area contributed by atoms with E-state index in [1.54, 1.807) is 0 Å². The molecule has 1 unspecified atom stereocenters. The minimum absolute atomic E-state index is 0.0281. The van der Waals surface area contributed by atoms with Crippen LogP contribution in [0, 0.1) is 5.82 Å². The number of ether oxygens (including phenoxy) is 1. The van der Waals surface area contributed by atoms with Gasteiger partial charge in [0.25, 0.3) is 5.91 Å². The first-order valence-electron chi connectivity index (χ1n) is 6.10. The van der Waals surface area contributed by atoms with Crippen LogP contribution < -0.4 is 15.4 Å². The molecule has 0 radical (unpaired) electrons. The fraction of sp³-hybridized carbons (Fsp3) is 0.385. The highest BCUT2D eigenvalue weighted by Crippen LogP contribution is 2.20. The van der Waals surface area contributed by atoms with Gasteiger partial charge in [-0.25, -0.2) is 9.18 Å². The Morgan fingerprint density at radius 2 is 2.15 bits per heavy atom. The van der Waals surface area contributed by atoms with E-state index in [9.17, 15) is 14.0 Å². The van der Waals surface area contributed by atoms with Crippen molar-refractivity contribution >= 4 is 23.5 Å². The van der Waals surface area contributed by atoms with Gasteiger partial charge in [-0.1, -0.05) is 18.5 Å². The molecular formula is C13H16ClFN2O3. The summed E-state index contributed by atoms with van der Waals surface area (Å²) in [7, 11) is 0. The van der Waals surface area contributed by atoms with E-state index in [4.69, 9.17) is 16.3 Å². The molecule has 1 aromatic carbocycles. The van der Waals surface area contributed by atoms with Gasteiger partial charge in [-0.3, -0.25) is 10.1 Å². The van der Waals surface area contributed by atoms with Crippen LogP contribution >= 0.6 is 11.6 Å². The minimum atomic E-state index is -0.605. The molecule has 0 fully saturated rings. The third-order valence-corrected chi connectivity index (χ3v) is 2.79. The number of hydrogen-bond acceptors (Lipinski definition) is 3. The number of benzene rings is 1. The summed E-state index contributed by atoms with van der Waals surface area (Å²) in [5.41, 5.74) is 0. The Hall–Kier alpha value is -1.82. The second-order valence-electron chi connectivity index (χ2n) is 4.20. The van der Waals surface area contributed by atoms with Crippen molar-refractivity contribution in [2.75, 3.05) is 6.61 Å². The topological polar surface area (TPSA) is 67.4 Å². The zero-order valence-corrected chi connectivity index (χ0v) is 12.0. The number of amides is 3. The van der Waals surface area contributed by atoms with Crippen LogP contribution in [0.4, 0.5) is 9.18 Å². The van der Waals surface area contributed by atoms with Crippen LogP contribution in [0.2, 0.25) is 5.02 Å². The Labute approximate surface area is 121 Å². The number of carbonyl (C=O) groups is 2. The second-order valence-corrected chi connectivity index (χ2v) is 4.60. The van der Waals surface area contributed by atoms with Gasteiger partial charge in [-0.15, -0.1) is 0 Å². The Morgan fingerprint density at radius 3 is 2.75 bits per heavy atom. The highest BCUT2D eigenvalue weighted by atomic mass is 35.5. The van der Waals surface area contributed by atoms with Gasteiger partial charge in [-0.2, -0.15) is 0 Å². The Bertz CT molecular complexity index is 497. The van der Waals surface area contributed by atoms with Gasteiger partial charge >= 0.3 is 6.03 Å². The quantitative estimate of drug-likeness (QED) is 0.878. The molecule has 0 aliphatic carbocycles. The number of imide groups is 1. The predicted molar refractivity (Wildman–Crippen MR) is 73.3 cm³/mol. The maximum Gasteiger partial charge on any atom is 0.321 e. The molecule has 3 amide bonds. The molecule has 0 aliphatic rings. The van der Waals surface area contributed by atoms with E-state index in [0.29, 0.717) is 0 Å².